The van der Waals surface area contributed by atoms with E-state index in [1.807, 2.05) is 18.2 Å². The van der Waals surface area contributed by atoms with Crippen molar-refractivity contribution in [1.29, 1.82) is 0 Å². The monoisotopic (exact) mass is 301 g/mol. The molecule has 0 fully saturated rings. The van der Waals surface area contributed by atoms with Gasteiger partial charge >= 0.3 is 0 Å². The summed E-state index contributed by atoms with van der Waals surface area (Å²) < 4.78 is 5.97. The van der Waals surface area contributed by atoms with Crippen molar-refractivity contribution >= 4 is 21.8 Å². The fourth-order valence-electron chi connectivity index (χ4n) is 1.40. The van der Waals surface area contributed by atoms with Gasteiger partial charge in [0.1, 0.15) is 5.75 Å². The number of hydrogen-bond acceptors (Lipinski definition) is 4. The zero-order chi connectivity index (χ0) is 12.8. The summed E-state index contributed by atoms with van der Waals surface area (Å²) in [6.45, 7) is 0. The van der Waals surface area contributed by atoms with Crippen molar-refractivity contribution in [3.63, 3.8) is 0 Å². The Bertz CT molecular complexity index is 398. The Morgan fingerprint density at radius 2 is 2.29 bits per heavy atom. The molecule has 0 bridgehead atoms. The summed E-state index contributed by atoms with van der Waals surface area (Å²) in [4.78, 5) is 11.4. The number of carbonyl (C=O) groups excluding carboxylic acids is 1. The molecule has 0 radical (unpaired) electrons. The summed E-state index contributed by atoms with van der Waals surface area (Å²) in [6, 6.07) is 5.03. The molecule has 1 aromatic carbocycles. The Morgan fingerprint density at radius 3 is 2.82 bits per heavy atom. The maximum absolute atomic E-state index is 11.4. The average molecular weight is 302 g/mol. The molecular weight excluding hydrogens is 286 g/mol. The number of nitrogens with one attached hydrogen (secondary N) is 2. The molecule has 5 nitrogen and oxygen atoms in total. The number of amides is 1. The molecule has 0 aliphatic carbocycles. The highest BCUT2D eigenvalue weighted by Gasteiger charge is 2.13. The molecule has 1 aromatic rings. The summed E-state index contributed by atoms with van der Waals surface area (Å²) in [6.07, 6.45) is 0.468. The minimum absolute atomic E-state index is 0.237. The van der Waals surface area contributed by atoms with E-state index in [4.69, 9.17) is 10.5 Å². The van der Waals surface area contributed by atoms with Gasteiger partial charge in [0, 0.05) is 7.05 Å². The molecule has 0 aliphatic rings. The lowest BCUT2D eigenvalue weighted by molar-refractivity contribution is -0.123. The van der Waals surface area contributed by atoms with Crippen molar-refractivity contribution in [3.05, 3.63) is 28.2 Å². The highest BCUT2D eigenvalue weighted by molar-refractivity contribution is 9.10. The van der Waals surface area contributed by atoms with Crippen molar-refractivity contribution in [2.24, 2.45) is 5.73 Å². The Morgan fingerprint density at radius 1 is 1.59 bits per heavy atom. The van der Waals surface area contributed by atoms with Gasteiger partial charge in [-0.15, -0.1) is 0 Å². The van der Waals surface area contributed by atoms with Crippen LogP contribution in [0.25, 0.3) is 0 Å². The third kappa shape index (κ3) is 3.99. The average Bonchev–Trinajstić information content (AvgIpc) is 2.29. The lowest BCUT2D eigenvalue weighted by Crippen LogP contribution is -2.46. The molecule has 1 unspecified atom stereocenters. The summed E-state index contributed by atoms with van der Waals surface area (Å²) in [7, 11) is 3.22. The number of carbonyl (C=O) groups is 1. The van der Waals surface area contributed by atoms with E-state index in [0.29, 0.717) is 6.42 Å². The van der Waals surface area contributed by atoms with Crippen molar-refractivity contribution < 1.29 is 9.53 Å². The van der Waals surface area contributed by atoms with Crippen LogP contribution >= 0.6 is 15.9 Å². The van der Waals surface area contributed by atoms with E-state index < -0.39 is 6.04 Å². The normalized spacial score (nSPS) is 12.0. The summed E-state index contributed by atoms with van der Waals surface area (Å²) >= 11 is 3.39. The van der Waals surface area contributed by atoms with E-state index in [0.717, 1.165) is 15.8 Å². The van der Waals surface area contributed by atoms with Gasteiger partial charge in [-0.1, -0.05) is 6.07 Å². The number of nitrogens with two attached hydrogens (primary N) is 1. The standard InChI is InChI=1S/C11H16BrN3O2/c1-14-15-11(16)9(13)6-7-3-4-10(17-2)8(12)5-7/h3-5,9,14H,6,13H2,1-2H3,(H,15,16). The number of hydrogen-bond donors (Lipinski definition) is 3. The fraction of sp³-hybridized carbons (Fsp3) is 0.364. The third-order valence-electron chi connectivity index (χ3n) is 2.26. The van der Waals surface area contributed by atoms with Gasteiger partial charge in [0.05, 0.1) is 17.6 Å². The fourth-order valence-corrected chi connectivity index (χ4v) is 1.99. The van der Waals surface area contributed by atoms with Crippen molar-refractivity contribution in [2.45, 2.75) is 12.5 Å². The summed E-state index contributed by atoms with van der Waals surface area (Å²) in [5.74, 6) is 0.515. The quantitative estimate of drug-likeness (QED) is 0.695. The smallest absolute Gasteiger partial charge is 0.251 e. The Kier molecular flexibility index (Phi) is 5.40. The van der Waals surface area contributed by atoms with Gasteiger partial charge in [-0.05, 0) is 40.0 Å². The maximum atomic E-state index is 11.4. The first-order chi connectivity index (χ1) is 8.08. The van der Waals surface area contributed by atoms with Crippen LogP contribution in [0.1, 0.15) is 5.56 Å². The largest absolute Gasteiger partial charge is 0.496 e. The number of halogens is 1. The lowest BCUT2D eigenvalue weighted by atomic mass is 10.1. The van der Waals surface area contributed by atoms with Crippen LogP contribution < -0.4 is 21.3 Å². The number of hydrazine groups is 1. The molecule has 1 atom stereocenters. The predicted octanol–water partition coefficient (Wildman–Crippen LogP) is 0.578. The molecule has 0 spiro atoms. The molecular formula is C11H16BrN3O2. The van der Waals surface area contributed by atoms with Gasteiger partial charge in [0.2, 0.25) is 0 Å². The Balaban J connectivity index is 2.68. The molecule has 4 N–H and O–H groups in total. The minimum atomic E-state index is -0.581. The van der Waals surface area contributed by atoms with E-state index in [2.05, 4.69) is 26.8 Å². The molecule has 17 heavy (non-hydrogen) atoms. The van der Waals surface area contributed by atoms with Crippen LogP contribution in [0.15, 0.2) is 22.7 Å². The van der Waals surface area contributed by atoms with Gasteiger partial charge in [-0.3, -0.25) is 10.2 Å². The first kappa shape index (κ1) is 14.0. The molecule has 0 aromatic heterocycles. The zero-order valence-electron chi connectivity index (χ0n) is 9.79. The van der Waals surface area contributed by atoms with Crippen LogP contribution in [0.2, 0.25) is 0 Å². The van der Waals surface area contributed by atoms with E-state index in [-0.39, 0.29) is 5.91 Å². The van der Waals surface area contributed by atoms with Crippen molar-refractivity contribution in [1.82, 2.24) is 10.9 Å². The van der Waals surface area contributed by atoms with E-state index in [1.165, 1.54) is 0 Å². The highest BCUT2D eigenvalue weighted by Crippen LogP contribution is 2.25. The molecule has 1 amide bonds. The predicted molar refractivity (Wildman–Crippen MR) is 69.6 cm³/mol. The maximum Gasteiger partial charge on any atom is 0.251 e. The van der Waals surface area contributed by atoms with Crippen LogP contribution in [0.4, 0.5) is 0 Å². The van der Waals surface area contributed by atoms with Crippen molar-refractivity contribution in [3.8, 4) is 5.75 Å². The molecule has 6 heteroatoms. The Labute approximate surface area is 109 Å². The van der Waals surface area contributed by atoms with Crippen LogP contribution in [0.3, 0.4) is 0 Å². The zero-order valence-corrected chi connectivity index (χ0v) is 11.4. The van der Waals surface area contributed by atoms with Crippen LogP contribution in [-0.2, 0) is 11.2 Å². The first-order valence-corrected chi connectivity index (χ1v) is 5.92. The summed E-state index contributed by atoms with van der Waals surface area (Å²) in [5.41, 5.74) is 11.7. The molecule has 0 saturated carbocycles. The number of rotatable bonds is 5. The lowest BCUT2D eigenvalue weighted by Gasteiger charge is -2.12. The van der Waals surface area contributed by atoms with Gasteiger partial charge in [-0.2, -0.15) is 0 Å². The third-order valence-corrected chi connectivity index (χ3v) is 2.88. The molecule has 0 saturated heterocycles. The molecule has 1 rings (SSSR count). The molecule has 0 heterocycles. The van der Waals surface area contributed by atoms with E-state index in [9.17, 15) is 4.79 Å². The van der Waals surface area contributed by atoms with Gasteiger partial charge in [0.25, 0.3) is 5.91 Å². The van der Waals surface area contributed by atoms with Crippen LogP contribution in [0.5, 0.6) is 5.75 Å². The van der Waals surface area contributed by atoms with Crippen molar-refractivity contribution in [2.75, 3.05) is 14.2 Å². The summed E-state index contributed by atoms with van der Waals surface area (Å²) in [5, 5.41) is 0. The molecule has 0 aliphatic heterocycles. The van der Waals surface area contributed by atoms with Gasteiger partial charge in [-0.25, -0.2) is 5.43 Å². The van der Waals surface area contributed by atoms with E-state index >= 15 is 0 Å². The SMILES string of the molecule is CNNC(=O)C(N)Cc1ccc(OC)c(Br)c1. The minimum Gasteiger partial charge on any atom is -0.496 e. The van der Waals surface area contributed by atoms with Crippen LogP contribution in [0, 0.1) is 0 Å². The second-order valence-electron chi connectivity index (χ2n) is 3.52. The second-order valence-corrected chi connectivity index (χ2v) is 4.37. The second kappa shape index (κ2) is 6.58. The van der Waals surface area contributed by atoms with Gasteiger partial charge in [0.15, 0.2) is 0 Å². The van der Waals surface area contributed by atoms with Crippen LogP contribution in [-0.4, -0.2) is 26.1 Å². The van der Waals surface area contributed by atoms with E-state index in [1.54, 1.807) is 14.2 Å². The highest BCUT2D eigenvalue weighted by atomic mass is 79.9. The molecule has 94 valence electrons. The Hall–Kier alpha value is -1.11. The first-order valence-electron chi connectivity index (χ1n) is 5.13. The number of benzene rings is 1. The topological polar surface area (TPSA) is 76.4 Å². The number of ether oxygens (including phenoxy) is 1. The van der Waals surface area contributed by atoms with Gasteiger partial charge < -0.3 is 10.5 Å². The number of methoxy groups -OCH3 is 1.